The summed E-state index contributed by atoms with van der Waals surface area (Å²) in [4.78, 5) is 0. The summed E-state index contributed by atoms with van der Waals surface area (Å²) >= 11 is 0. The summed E-state index contributed by atoms with van der Waals surface area (Å²) in [5.74, 6) is 0. The van der Waals surface area contributed by atoms with E-state index in [1.807, 2.05) is 0 Å². The molecule has 0 radical (unpaired) electrons. The number of hydrogen-bond donors (Lipinski definition) is 0. The van der Waals surface area contributed by atoms with E-state index < -0.39 is 0 Å². The van der Waals surface area contributed by atoms with Crippen molar-refractivity contribution in [2.45, 2.75) is 66.2 Å². The second kappa shape index (κ2) is 4.62. The van der Waals surface area contributed by atoms with Gasteiger partial charge in [-0.1, -0.05) is 65.8 Å². The molecule has 0 nitrogen and oxygen atoms in total. The van der Waals surface area contributed by atoms with E-state index in [4.69, 9.17) is 0 Å². The van der Waals surface area contributed by atoms with E-state index in [0.717, 1.165) is 0 Å². The predicted octanol–water partition coefficient (Wildman–Crippen LogP) is 6.05. The van der Waals surface area contributed by atoms with Gasteiger partial charge in [0.2, 0.25) is 0 Å². The van der Waals surface area contributed by atoms with Crippen LogP contribution in [0.25, 0.3) is 10.8 Å². The molecule has 0 N–H and O–H groups in total. The highest BCUT2D eigenvalue weighted by atomic mass is 14.3. The third-order valence-corrected chi connectivity index (χ3v) is 4.19. The van der Waals surface area contributed by atoms with E-state index in [1.54, 1.807) is 0 Å². The minimum atomic E-state index is 0.174. The third kappa shape index (κ3) is 2.49. The van der Waals surface area contributed by atoms with E-state index in [0.29, 0.717) is 0 Å². The van der Waals surface area contributed by atoms with Gasteiger partial charge in [-0.05, 0) is 57.7 Å². The first-order valence-corrected chi connectivity index (χ1v) is 7.57. The van der Waals surface area contributed by atoms with Crippen molar-refractivity contribution in [3.8, 4) is 0 Å². The van der Waals surface area contributed by atoms with E-state index >= 15 is 0 Å². The standard InChI is InChI=1S/C20H28/c1-13-9-11-16(20(6,7)8)18-14(2)10-12-15(17(13)18)19(3,4)5/h9-12H,1-8H3. The van der Waals surface area contributed by atoms with Crippen LogP contribution in [0, 0.1) is 13.8 Å². The Bertz CT molecular complexity index is 587. The number of hydrogen-bond acceptors (Lipinski definition) is 0. The van der Waals surface area contributed by atoms with Crippen LogP contribution in [-0.4, -0.2) is 0 Å². The molecule has 0 heteroatoms. The molecule has 20 heavy (non-hydrogen) atoms. The lowest BCUT2D eigenvalue weighted by Gasteiger charge is -2.28. The Morgan fingerprint density at radius 3 is 1.10 bits per heavy atom. The smallest absolute Gasteiger partial charge is 0.0112 e. The Balaban J connectivity index is 3.01. The number of rotatable bonds is 0. The maximum absolute atomic E-state index is 2.32. The zero-order valence-electron chi connectivity index (χ0n) is 14.3. The lowest BCUT2D eigenvalue weighted by Crippen LogP contribution is -2.16. The van der Waals surface area contributed by atoms with Crippen LogP contribution in [0.5, 0.6) is 0 Å². The molecule has 2 aromatic rings. The summed E-state index contributed by atoms with van der Waals surface area (Å²) in [6.45, 7) is 18.3. The molecule has 0 aliphatic rings. The molecule has 0 aliphatic heterocycles. The van der Waals surface area contributed by atoms with Crippen LogP contribution in [0.15, 0.2) is 24.3 Å². The Labute approximate surface area is 124 Å². The van der Waals surface area contributed by atoms with Gasteiger partial charge in [0, 0.05) is 0 Å². The molecule has 0 unspecified atom stereocenters. The minimum absolute atomic E-state index is 0.174. The van der Waals surface area contributed by atoms with Gasteiger partial charge >= 0.3 is 0 Å². The average Bonchev–Trinajstić information content (AvgIpc) is 2.27. The van der Waals surface area contributed by atoms with Crippen molar-refractivity contribution < 1.29 is 0 Å². The normalized spacial score (nSPS) is 13.0. The quantitative estimate of drug-likeness (QED) is 0.545. The van der Waals surface area contributed by atoms with Gasteiger partial charge in [-0.2, -0.15) is 0 Å². The van der Waals surface area contributed by atoms with E-state index in [1.165, 1.54) is 33.0 Å². The van der Waals surface area contributed by atoms with Crippen molar-refractivity contribution in [1.82, 2.24) is 0 Å². The molecular weight excluding hydrogens is 240 g/mol. The maximum atomic E-state index is 2.32. The molecule has 0 amide bonds. The summed E-state index contributed by atoms with van der Waals surface area (Å²) in [7, 11) is 0. The second-order valence-corrected chi connectivity index (χ2v) is 8.11. The summed E-state index contributed by atoms with van der Waals surface area (Å²) in [5, 5.41) is 2.93. The number of aryl methyl sites for hydroxylation is 2. The van der Waals surface area contributed by atoms with Crippen molar-refractivity contribution in [1.29, 1.82) is 0 Å². The molecule has 0 aromatic heterocycles. The Kier molecular flexibility index (Phi) is 3.48. The second-order valence-electron chi connectivity index (χ2n) is 8.11. The Morgan fingerprint density at radius 2 is 0.850 bits per heavy atom. The fraction of sp³-hybridized carbons (Fsp3) is 0.500. The number of benzene rings is 2. The molecule has 0 bridgehead atoms. The Hall–Kier alpha value is -1.30. The molecule has 0 spiro atoms. The number of fused-ring (bicyclic) bond motifs is 1. The van der Waals surface area contributed by atoms with Gasteiger partial charge in [0.05, 0.1) is 0 Å². The minimum Gasteiger partial charge on any atom is -0.0584 e. The molecule has 0 fully saturated rings. The van der Waals surface area contributed by atoms with Crippen molar-refractivity contribution in [3.05, 3.63) is 46.5 Å². The molecule has 2 aromatic carbocycles. The van der Waals surface area contributed by atoms with Gasteiger partial charge in [-0.15, -0.1) is 0 Å². The average molecular weight is 268 g/mol. The summed E-state index contributed by atoms with van der Waals surface area (Å²) < 4.78 is 0. The van der Waals surface area contributed by atoms with E-state index in [-0.39, 0.29) is 10.8 Å². The highest BCUT2D eigenvalue weighted by molar-refractivity contribution is 5.95. The molecule has 0 saturated heterocycles. The highest BCUT2D eigenvalue weighted by Crippen LogP contribution is 2.39. The third-order valence-electron chi connectivity index (χ3n) is 4.19. The lowest BCUT2D eigenvalue weighted by atomic mass is 9.76. The van der Waals surface area contributed by atoms with Crippen molar-refractivity contribution >= 4 is 10.8 Å². The first-order chi connectivity index (χ1) is 9.03. The van der Waals surface area contributed by atoms with E-state index in [2.05, 4.69) is 79.7 Å². The fourth-order valence-electron chi connectivity index (χ4n) is 3.09. The first kappa shape index (κ1) is 15.1. The van der Waals surface area contributed by atoms with Crippen LogP contribution >= 0.6 is 0 Å². The molecule has 0 atom stereocenters. The van der Waals surface area contributed by atoms with Gasteiger partial charge in [0.15, 0.2) is 0 Å². The van der Waals surface area contributed by atoms with Crippen LogP contribution in [-0.2, 0) is 10.8 Å². The molecule has 0 aliphatic carbocycles. The van der Waals surface area contributed by atoms with Crippen molar-refractivity contribution in [2.75, 3.05) is 0 Å². The Morgan fingerprint density at radius 1 is 0.550 bits per heavy atom. The topological polar surface area (TPSA) is 0 Å². The van der Waals surface area contributed by atoms with Crippen LogP contribution in [0.3, 0.4) is 0 Å². The SMILES string of the molecule is Cc1ccc(C(C)(C)C)c2c(C)ccc(C(C)(C)C)c12. The lowest BCUT2D eigenvalue weighted by molar-refractivity contribution is 0.590. The largest absolute Gasteiger partial charge is 0.0584 e. The van der Waals surface area contributed by atoms with Crippen LogP contribution in [0.4, 0.5) is 0 Å². The molecular formula is C20H28. The zero-order valence-corrected chi connectivity index (χ0v) is 14.3. The van der Waals surface area contributed by atoms with Crippen molar-refractivity contribution in [3.63, 3.8) is 0 Å². The fourth-order valence-corrected chi connectivity index (χ4v) is 3.09. The van der Waals surface area contributed by atoms with Gasteiger partial charge in [0.25, 0.3) is 0 Å². The highest BCUT2D eigenvalue weighted by Gasteiger charge is 2.23. The van der Waals surface area contributed by atoms with Crippen LogP contribution < -0.4 is 0 Å². The molecule has 0 heterocycles. The summed E-state index contributed by atoms with van der Waals surface area (Å²) in [5.41, 5.74) is 6.05. The van der Waals surface area contributed by atoms with Crippen molar-refractivity contribution in [2.24, 2.45) is 0 Å². The zero-order chi connectivity index (χ0) is 15.3. The van der Waals surface area contributed by atoms with E-state index in [9.17, 15) is 0 Å². The maximum Gasteiger partial charge on any atom is -0.0112 e. The molecule has 2 rings (SSSR count). The summed E-state index contributed by atoms with van der Waals surface area (Å²) in [6.07, 6.45) is 0. The molecule has 0 saturated carbocycles. The van der Waals surface area contributed by atoms with Gasteiger partial charge in [-0.3, -0.25) is 0 Å². The van der Waals surface area contributed by atoms with Gasteiger partial charge < -0.3 is 0 Å². The first-order valence-electron chi connectivity index (χ1n) is 7.57. The van der Waals surface area contributed by atoms with Gasteiger partial charge in [0.1, 0.15) is 0 Å². The summed E-state index contributed by atoms with van der Waals surface area (Å²) in [6, 6.07) is 9.21. The predicted molar refractivity (Wildman–Crippen MR) is 90.8 cm³/mol. The van der Waals surface area contributed by atoms with Crippen LogP contribution in [0.2, 0.25) is 0 Å². The molecule has 108 valence electrons. The van der Waals surface area contributed by atoms with Gasteiger partial charge in [-0.25, -0.2) is 0 Å². The van der Waals surface area contributed by atoms with Crippen LogP contribution in [0.1, 0.15) is 63.8 Å². The monoisotopic (exact) mass is 268 g/mol.